The third-order valence-corrected chi connectivity index (χ3v) is 5.01. The van der Waals surface area contributed by atoms with E-state index >= 15 is 0 Å². The van der Waals surface area contributed by atoms with E-state index in [1.54, 1.807) is 6.33 Å². The summed E-state index contributed by atoms with van der Waals surface area (Å²) in [6.45, 7) is 2.08. The molecule has 1 aliphatic rings. The van der Waals surface area contributed by atoms with E-state index in [-0.39, 0.29) is 5.97 Å². The van der Waals surface area contributed by atoms with Crippen molar-refractivity contribution in [1.82, 2.24) is 19.9 Å². The average molecular weight is 380 g/mol. The molecule has 0 radical (unpaired) electrons. The van der Waals surface area contributed by atoms with Gasteiger partial charge in [-0.2, -0.15) is 0 Å². The monoisotopic (exact) mass is 380 g/mol. The van der Waals surface area contributed by atoms with Crippen LogP contribution in [0.3, 0.4) is 0 Å². The molecule has 8 heteroatoms. The number of hydrogen-bond donors (Lipinski definition) is 3. The van der Waals surface area contributed by atoms with E-state index < -0.39 is 0 Å². The Bertz CT molecular complexity index is 949. The number of hydrogen-bond acceptors (Lipinski definition) is 7. The van der Waals surface area contributed by atoms with Crippen molar-refractivity contribution in [3.05, 3.63) is 42.9 Å². The summed E-state index contributed by atoms with van der Waals surface area (Å²) in [7, 11) is 1.42. The minimum Gasteiger partial charge on any atom is -0.468 e. The molecule has 28 heavy (non-hydrogen) atoms. The van der Waals surface area contributed by atoms with E-state index in [0.717, 1.165) is 54.2 Å². The molecule has 0 saturated carbocycles. The largest absolute Gasteiger partial charge is 0.468 e. The molecule has 0 unspecified atom stereocenters. The zero-order chi connectivity index (χ0) is 19.3. The van der Waals surface area contributed by atoms with E-state index in [9.17, 15) is 4.79 Å². The van der Waals surface area contributed by atoms with Crippen molar-refractivity contribution >= 4 is 34.2 Å². The lowest BCUT2D eigenvalue weighted by atomic mass is 10.1. The van der Waals surface area contributed by atoms with Gasteiger partial charge in [-0.05, 0) is 37.1 Å². The van der Waals surface area contributed by atoms with Gasteiger partial charge in [0.25, 0.3) is 0 Å². The first-order valence-electron chi connectivity index (χ1n) is 9.41. The van der Waals surface area contributed by atoms with E-state index in [0.29, 0.717) is 12.6 Å². The number of ether oxygens (including phenoxy) is 1. The Labute approximate surface area is 163 Å². The molecule has 1 saturated heterocycles. The maximum Gasteiger partial charge on any atom is 0.319 e. The summed E-state index contributed by atoms with van der Waals surface area (Å²) in [4.78, 5) is 25.4. The molecule has 4 rings (SSSR count). The fourth-order valence-corrected chi connectivity index (χ4v) is 3.48. The number of carbonyl (C=O) groups excluding carboxylic acids is 1. The molecular formula is C20H24N6O2. The molecule has 3 heterocycles. The van der Waals surface area contributed by atoms with Crippen molar-refractivity contribution < 1.29 is 9.53 Å². The lowest BCUT2D eigenvalue weighted by molar-refractivity contribution is -0.142. The molecule has 3 N–H and O–H groups in total. The summed E-state index contributed by atoms with van der Waals surface area (Å²) in [6, 6.07) is 10.4. The Morgan fingerprint density at radius 3 is 2.86 bits per heavy atom. The maximum atomic E-state index is 11.4. The van der Waals surface area contributed by atoms with Crippen molar-refractivity contribution in [3.8, 4) is 0 Å². The number of nitrogens with one attached hydrogen (secondary N) is 3. The van der Waals surface area contributed by atoms with E-state index in [1.807, 2.05) is 30.5 Å². The maximum absolute atomic E-state index is 11.4. The quantitative estimate of drug-likeness (QED) is 0.566. The zero-order valence-corrected chi connectivity index (χ0v) is 15.8. The molecule has 0 aliphatic carbocycles. The molecule has 0 bridgehead atoms. The first kappa shape index (κ1) is 18.2. The molecule has 8 nitrogen and oxygen atoms in total. The van der Waals surface area contributed by atoms with Gasteiger partial charge in [0.15, 0.2) is 0 Å². The molecule has 0 spiro atoms. The zero-order valence-electron chi connectivity index (χ0n) is 15.8. The van der Waals surface area contributed by atoms with Gasteiger partial charge in [-0.15, -0.1) is 0 Å². The van der Waals surface area contributed by atoms with Crippen LogP contribution >= 0.6 is 0 Å². The predicted octanol–water partition coefficient (Wildman–Crippen LogP) is 2.75. The number of benzene rings is 1. The van der Waals surface area contributed by atoms with Gasteiger partial charge in [-0.1, -0.05) is 0 Å². The van der Waals surface area contributed by atoms with E-state index in [2.05, 4.69) is 36.6 Å². The van der Waals surface area contributed by atoms with Crippen LogP contribution in [0.15, 0.2) is 42.9 Å². The number of aromatic nitrogens is 3. The second-order valence-corrected chi connectivity index (χ2v) is 6.96. The van der Waals surface area contributed by atoms with Crippen LogP contribution in [0.4, 0.5) is 17.3 Å². The lowest BCUT2D eigenvalue weighted by Gasteiger charge is -2.31. The highest BCUT2D eigenvalue weighted by Crippen LogP contribution is 2.22. The van der Waals surface area contributed by atoms with Crippen LogP contribution < -0.4 is 10.6 Å². The van der Waals surface area contributed by atoms with Crippen molar-refractivity contribution in [2.75, 3.05) is 37.4 Å². The molecule has 0 amide bonds. The van der Waals surface area contributed by atoms with Crippen LogP contribution in [0.2, 0.25) is 0 Å². The summed E-state index contributed by atoms with van der Waals surface area (Å²) >= 11 is 0. The second kappa shape index (κ2) is 8.26. The number of piperidine rings is 1. The molecule has 1 aromatic carbocycles. The summed E-state index contributed by atoms with van der Waals surface area (Å²) in [5.41, 5.74) is 2.09. The fraction of sp³-hybridized carbons (Fsp3) is 0.350. The topological polar surface area (TPSA) is 95.2 Å². The summed E-state index contributed by atoms with van der Waals surface area (Å²) in [5.74, 6) is 1.36. The van der Waals surface area contributed by atoms with Crippen molar-refractivity contribution in [2.45, 2.75) is 18.9 Å². The first-order chi connectivity index (χ1) is 13.7. The minimum absolute atomic E-state index is 0.184. The van der Waals surface area contributed by atoms with Crippen LogP contribution in [0.5, 0.6) is 0 Å². The molecule has 1 fully saturated rings. The molecule has 3 aromatic rings. The van der Waals surface area contributed by atoms with E-state index in [4.69, 9.17) is 4.74 Å². The Balaban J connectivity index is 1.34. The molecular weight excluding hydrogens is 356 g/mol. The predicted molar refractivity (Wildman–Crippen MR) is 109 cm³/mol. The molecule has 146 valence electrons. The number of fused-ring (bicyclic) bond motifs is 1. The summed E-state index contributed by atoms with van der Waals surface area (Å²) in [6.07, 6.45) is 5.39. The number of rotatable bonds is 6. The van der Waals surface area contributed by atoms with Crippen LogP contribution in [0.25, 0.3) is 10.9 Å². The lowest BCUT2D eigenvalue weighted by Crippen LogP contribution is -2.41. The smallest absolute Gasteiger partial charge is 0.319 e. The van der Waals surface area contributed by atoms with E-state index in [1.165, 1.54) is 7.11 Å². The molecule has 1 aliphatic heterocycles. The Kier molecular flexibility index (Phi) is 5.38. The van der Waals surface area contributed by atoms with Gasteiger partial charge in [0.1, 0.15) is 18.0 Å². The minimum atomic E-state index is -0.184. The highest BCUT2D eigenvalue weighted by molar-refractivity contribution is 5.83. The summed E-state index contributed by atoms with van der Waals surface area (Å²) in [5, 5.41) is 7.96. The fourth-order valence-electron chi connectivity index (χ4n) is 3.48. The Hall–Kier alpha value is -3.13. The van der Waals surface area contributed by atoms with Gasteiger partial charge in [0.05, 0.1) is 13.7 Å². The van der Waals surface area contributed by atoms with Crippen LogP contribution in [-0.2, 0) is 9.53 Å². The highest BCUT2D eigenvalue weighted by atomic mass is 16.5. The number of methoxy groups -OCH3 is 1. The van der Waals surface area contributed by atoms with Crippen LogP contribution in [0, 0.1) is 0 Å². The number of esters is 1. The highest BCUT2D eigenvalue weighted by Gasteiger charge is 2.21. The number of anilines is 3. The molecule has 2 aromatic heterocycles. The number of carbonyl (C=O) groups is 1. The van der Waals surface area contributed by atoms with Crippen molar-refractivity contribution in [1.29, 1.82) is 0 Å². The van der Waals surface area contributed by atoms with Gasteiger partial charge in [0, 0.05) is 48.0 Å². The Morgan fingerprint density at radius 1 is 1.21 bits per heavy atom. The Morgan fingerprint density at radius 2 is 2.04 bits per heavy atom. The van der Waals surface area contributed by atoms with Gasteiger partial charge in [-0.3, -0.25) is 9.69 Å². The first-order valence-corrected chi connectivity index (χ1v) is 9.41. The average Bonchev–Trinajstić information content (AvgIpc) is 3.17. The summed E-state index contributed by atoms with van der Waals surface area (Å²) < 4.78 is 4.73. The number of likely N-dealkylation sites (tertiary alicyclic amines) is 1. The second-order valence-electron chi connectivity index (χ2n) is 6.96. The van der Waals surface area contributed by atoms with Gasteiger partial charge in [0.2, 0.25) is 0 Å². The van der Waals surface area contributed by atoms with Crippen LogP contribution in [0.1, 0.15) is 12.8 Å². The van der Waals surface area contributed by atoms with Crippen LogP contribution in [-0.4, -0.2) is 58.6 Å². The van der Waals surface area contributed by atoms with Crippen molar-refractivity contribution in [3.63, 3.8) is 0 Å². The SMILES string of the molecule is COC(=O)CN1CCC(Nc2cc(Nc3ccc4[nH]ccc4c3)ncn2)CC1. The third kappa shape index (κ3) is 4.40. The molecule has 0 atom stereocenters. The number of nitrogens with zero attached hydrogens (tertiary/aromatic N) is 3. The van der Waals surface area contributed by atoms with Crippen molar-refractivity contribution in [2.24, 2.45) is 0 Å². The third-order valence-electron chi connectivity index (χ3n) is 5.01. The number of H-pyrrole nitrogens is 1. The standard InChI is InChI=1S/C20H24N6O2/c1-28-20(27)12-26-8-5-15(6-9-26)24-18-11-19(23-13-22-18)25-16-2-3-17-14(10-16)4-7-21-17/h2-4,7,10-11,13,15,21H,5-6,8-9,12H2,1H3,(H2,22,23,24,25). The normalized spacial score (nSPS) is 15.5. The van der Waals surface area contributed by atoms with Gasteiger partial charge >= 0.3 is 5.97 Å². The van der Waals surface area contributed by atoms with Gasteiger partial charge in [-0.25, -0.2) is 9.97 Å². The number of aromatic amines is 1. The van der Waals surface area contributed by atoms with Gasteiger partial charge < -0.3 is 20.4 Å².